The molecule has 1 saturated carbocycles. The summed E-state index contributed by atoms with van der Waals surface area (Å²) in [6.07, 6.45) is 4.41. The lowest BCUT2D eigenvalue weighted by Gasteiger charge is -2.32. The fourth-order valence-electron chi connectivity index (χ4n) is 4.68. The van der Waals surface area contributed by atoms with Gasteiger partial charge in [0.1, 0.15) is 15.8 Å². The van der Waals surface area contributed by atoms with Gasteiger partial charge in [-0.25, -0.2) is 0 Å². The van der Waals surface area contributed by atoms with Crippen molar-refractivity contribution >= 4 is 46.3 Å². The van der Waals surface area contributed by atoms with Crippen LogP contribution in [0.15, 0.2) is 33.6 Å². The molecule has 2 aliphatic rings. The van der Waals surface area contributed by atoms with Gasteiger partial charge in [-0.2, -0.15) is 0 Å². The van der Waals surface area contributed by atoms with Crippen LogP contribution in [0.25, 0.3) is 17.4 Å². The van der Waals surface area contributed by atoms with E-state index in [1.807, 2.05) is 12.1 Å². The molecule has 2 heterocycles. The number of carbonyl (C=O) groups is 2. The van der Waals surface area contributed by atoms with Crippen molar-refractivity contribution < 1.29 is 19.1 Å². The van der Waals surface area contributed by atoms with Gasteiger partial charge < -0.3 is 9.52 Å². The Labute approximate surface area is 191 Å². The van der Waals surface area contributed by atoms with Crippen LogP contribution >= 0.6 is 24.0 Å². The Hall–Kier alpha value is -2.38. The zero-order chi connectivity index (χ0) is 22.3. The van der Waals surface area contributed by atoms with Crippen LogP contribution in [0, 0.1) is 26.7 Å². The van der Waals surface area contributed by atoms with E-state index in [9.17, 15) is 14.7 Å². The number of aliphatic carboxylic acids is 1. The van der Waals surface area contributed by atoms with Crippen molar-refractivity contribution in [3.63, 3.8) is 0 Å². The highest BCUT2D eigenvalue weighted by Gasteiger charge is 2.40. The topological polar surface area (TPSA) is 70.8 Å². The van der Waals surface area contributed by atoms with Gasteiger partial charge in [-0.05, 0) is 63.3 Å². The van der Waals surface area contributed by atoms with Crippen molar-refractivity contribution in [2.24, 2.45) is 5.92 Å². The molecule has 2 aromatic rings. The first kappa shape index (κ1) is 21.8. The molecule has 1 saturated heterocycles. The lowest BCUT2D eigenvalue weighted by molar-refractivity contribution is -0.144. The molecule has 2 fully saturated rings. The summed E-state index contributed by atoms with van der Waals surface area (Å²) in [6, 6.07) is 7.89. The molecule has 0 bridgehead atoms. The number of rotatable bonds is 4. The Kier molecular flexibility index (Phi) is 6.08. The molecule has 2 atom stereocenters. The number of nitrogens with zero attached hydrogens (tertiary/aromatic N) is 1. The van der Waals surface area contributed by atoms with E-state index in [4.69, 9.17) is 16.6 Å². The number of furan rings is 1. The Balaban J connectivity index is 1.56. The number of aryl methyl sites for hydroxylation is 3. The number of hydrogen-bond donors (Lipinski definition) is 1. The number of benzene rings is 1. The van der Waals surface area contributed by atoms with E-state index >= 15 is 0 Å². The summed E-state index contributed by atoms with van der Waals surface area (Å²) in [4.78, 5) is 26.6. The van der Waals surface area contributed by atoms with Crippen molar-refractivity contribution in [2.75, 3.05) is 0 Å². The Morgan fingerprint density at radius 3 is 2.61 bits per heavy atom. The standard InChI is InChI=1S/C24H25NO4S2/c1-13-9-14(2)21(15(3)10-13)19-8-7-18(29-19)12-20-22(26)25(24(30)31-20)17-6-4-5-16(11-17)23(27)28/h7-10,12,16-17H,4-6,11H2,1-3H3,(H,27,28)/b20-12+. The molecule has 1 aromatic carbocycles. The third-order valence-electron chi connectivity index (χ3n) is 6.01. The smallest absolute Gasteiger partial charge is 0.306 e. The molecular formula is C24H25NO4S2. The molecule has 1 N–H and O–H groups in total. The minimum absolute atomic E-state index is 0.154. The lowest BCUT2D eigenvalue weighted by atomic mass is 9.85. The molecule has 1 aromatic heterocycles. The second-order valence-electron chi connectivity index (χ2n) is 8.38. The van der Waals surface area contributed by atoms with Gasteiger partial charge in [0.15, 0.2) is 0 Å². The SMILES string of the molecule is Cc1cc(C)c(-c2ccc(/C=C3/SC(=S)N(C4CCCC(C(=O)O)C4)C3=O)o2)c(C)c1. The molecule has 162 valence electrons. The molecule has 31 heavy (non-hydrogen) atoms. The van der Waals surface area contributed by atoms with Crippen LogP contribution in [0.2, 0.25) is 0 Å². The zero-order valence-corrected chi connectivity index (χ0v) is 19.4. The largest absolute Gasteiger partial charge is 0.481 e. The van der Waals surface area contributed by atoms with Gasteiger partial charge in [0.25, 0.3) is 5.91 Å². The number of carboxylic acid groups (broad SMARTS) is 1. The first-order valence-corrected chi connectivity index (χ1v) is 11.6. The van der Waals surface area contributed by atoms with E-state index < -0.39 is 11.9 Å². The van der Waals surface area contributed by atoms with Gasteiger partial charge in [-0.1, -0.05) is 48.1 Å². The second-order valence-corrected chi connectivity index (χ2v) is 10.1. The van der Waals surface area contributed by atoms with Crippen LogP contribution < -0.4 is 0 Å². The summed E-state index contributed by atoms with van der Waals surface area (Å²) < 4.78 is 6.55. The van der Waals surface area contributed by atoms with Crippen molar-refractivity contribution in [1.29, 1.82) is 0 Å². The van der Waals surface area contributed by atoms with Crippen molar-refractivity contribution in [3.8, 4) is 11.3 Å². The fourth-order valence-corrected chi connectivity index (χ4v) is 6.06. The van der Waals surface area contributed by atoms with Crippen LogP contribution in [0.1, 0.15) is 48.1 Å². The summed E-state index contributed by atoms with van der Waals surface area (Å²) in [6.45, 7) is 6.21. The molecule has 4 rings (SSSR count). The van der Waals surface area contributed by atoms with Gasteiger partial charge in [-0.15, -0.1) is 0 Å². The predicted octanol–water partition coefficient (Wildman–Crippen LogP) is 5.72. The van der Waals surface area contributed by atoms with Crippen LogP contribution in [0.5, 0.6) is 0 Å². The van der Waals surface area contributed by atoms with Crippen LogP contribution in [-0.2, 0) is 9.59 Å². The number of amides is 1. The Bertz CT molecular complexity index is 1080. The number of hydrogen-bond acceptors (Lipinski definition) is 5. The number of carbonyl (C=O) groups excluding carboxylic acids is 1. The summed E-state index contributed by atoms with van der Waals surface area (Å²) in [5, 5.41) is 9.36. The Morgan fingerprint density at radius 2 is 1.94 bits per heavy atom. The maximum Gasteiger partial charge on any atom is 0.306 e. The lowest BCUT2D eigenvalue weighted by Crippen LogP contribution is -2.42. The van der Waals surface area contributed by atoms with E-state index in [1.165, 1.54) is 17.3 Å². The minimum atomic E-state index is -0.796. The van der Waals surface area contributed by atoms with E-state index in [-0.39, 0.29) is 11.9 Å². The monoisotopic (exact) mass is 455 g/mol. The third kappa shape index (κ3) is 4.34. The molecule has 1 amide bonds. The summed E-state index contributed by atoms with van der Waals surface area (Å²) in [7, 11) is 0. The van der Waals surface area contributed by atoms with E-state index in [0.717, 1.165) is 35.3 Å². The minimum Gasteiger partial charge on any atom is -0.481 e. The van der Waals surface area contributed by atoms with E-state index in [1.54, 1.807) is 11.0 Å². The van der Waals surface area contributed by atoms with Crippen LogP contribution in [-0.4, -0.2) is 32.2 Å². The van der Waals surface area contributed by atoms with Crippen LogP contribution in [0.4, 0.5) is 0 Å². The van der Waals surface area contributed by atoms with Gasteiger partial charge in [0, 0.05) is 17.7 Å². The molecule has 1 aliphatic heterocycles. The predicted molar refractivity (Wildman–Crippen MR) is 127 cm³/mol. The first-order valence-electron chi connectivity index (χ1n) is 10.4. The van der Waals surface area contributed by atoms with E-state index in [0.29, 0.717) is 27.8 Å². The highest BCUT2D eigenvalue weighted by atomic mass is 32.2. The highest BCUT2D eigenvalue weighted by Crippen LogP contribution is 2.39. The molecule has 0 spiro atoms. The Morgan fingerprint density at radius 1 is 1.23 bits per heavy atom. The average Bonchev–Trinajstić information content (AvgIpc) is 3.25. The van der Waals surface area contributed by atoms with Crippen LogP contribution in [0.3, 0.4) is 0 Å². The summed E-state index contributed by atoms with van der Waals surface area (Å²) in [5.41, 5.74) is 4.58. The van der Waals surface area contributed by atoms with Crippen molar-refractivity contribution in [3.05, 3.63) is 51.6 Å². The highest BCUT2D eigenvalue weighted by molar-refractivity contribution is 8.26. The molecule has 1 aliphatic carbocycles. The molecule has 2 unspecified atom stereocenters. The zero-order valence-electron chi connectivity index (χ0n) is 17.8. The molecular weight excluding hydrogens is 430 g/mol. The van der Waals surface area contributed by atoms with Gasteiger partial charge in [-0.3, -0.25) is 14.5 Å². The number of carboxylic acids is 1. The normalized spacial score (nSPS) is 23.1. The third-order valence-corrected chi connectivity index (χ3v) is 7.34. The molecule has 0 radical (unpaired) electrons. The van der Waals surface area contributed by atoms with Gasteiger partial charge >= 0.3 is 5.97 Å². The maximum atomic E-state index is 13.1. The quantitative estimate of drug-likeness (QED) is 0.470. The van der Waals surface area contributed by atoms with Crippen molar-refractivity contribution in [1.82, 2.24) is 4.90 Å². The van der Waals surface area contributed by atoms with Crippen molar-refractivity contribution in [2.45, 2.75) is 52.5 Å². The van der Waals surface area contributed by atoms with E-state index in [2.05, 4.69) is 32.9 Å². The summed E-state index contributed by atoms with van der Waals surface area (Å²) in [5.74, 6) is -0.00147. The summed E-state index contributed by atoms with van der Waals surface area (Å²) >= 11 is 6.73. The maximum absolute atomic E-state index is 13.1. The first-order chi connectivity index (χ1) is 14.7. The average molecular weight is 456 g/mol. The number of thioether (sulfide) groups is 1. The number of thiocarbonyl (C=S) groups is 1. The second kappa shape index (κ2) is 8.63. The van der Waals surface area contributed by atoms with Gasteiger partial charge in [0.2, 0.25) is 0 Å². The molecule has 5 nitrogen and oxygen atoms in total. The molecule has 7 heteroatoms. The fraction of sp³-hybridized carbons (Fsp3) is 0.375. The van der Waals surface area contributed by atoms with Gasteiger partial charge in [0.05, 0.1) is 10.8 Å².